The van der Waals surface area contributed by atoms with E-state index in [1.807, 2.05) is 13.0 Å². The molecule has 0 radical (unpaired) electrons. The molecular weight excluding hydrogens is 260 g/mol. The smallest absolute Gasteiger partial charge is 0.275 e. The first-order valence-corrected chi connectivity index (χ1v) is 7.63. The van der Waals surface area contributed by atoms with E-state index in [1.165, 1.54) is 24.2 Å². The van der Waals surface area contributed by atoms with Gasteiger partial charge in [-0.25, -0.2) is 5.84 Å². The Hall–Kier alpha value is -0.910. The number of nitrogens with one attached hydrogen (secondary N) is 1. The highest BCUT2D eigenvalue weighted by Gasteiger charge is 2.20. The molecule has 3 N–H and O–H groups in total. The van der Waals surface area contributed by atoms with E-state index in [0.717, 1.165) is 29.2 Å². The first-order valence-electron chi connectivity index (χ1n) is 6.82. The van der Waals surface area contributed by atoms with Crippen molar-refractivity contribution in [2.75, 3.05) is 0 Å². The Labute approximate surface area is 118 Å². The van der Waals surface area contributed by atoms with E-state index in [0.29, 0.717) is 17.6 Å². The molecule has 5 heteroatoms. The van der Waals surface area contributed by atoms with Crippen LogP contribution < -0.4 is 11.3 Å². The standard InChI is InChI=1S/C14H22N2O2S/c1-9-4-3-5-12(6-9)18-8-11-7-13(14(17)16-15)19-10(11)2/h7,9,12H,3-6,8,15H2,1-2H3,(H,16,17). The summed E-state index contributed by atoms with van der Waals surface area (Å²) < 4.78 is 5.99. The summed E-state index contributed by atoms with van der Waals surface area (Å²) in [6, 6.07) is 1.88. The molecule has 1 saturated carbocycles. The van der Waals surface area contributed by atoms with E-state index >= 15 is 0 Å². The largest absolute Gasteiger partial charge is 0.373 e. The predicted octanol–water partition coefficient (Wildman–Crippen LogP) is 2.76. The summed E-state index contributed by atoms with van der Waals surface area (Å²) in [6.45, 7) is 4.90. The number of hydrogen-bond acceptors (Lipinski definition) is 4. The third-order valence-electron chi connectivity index (χ3n) is 3.74. The zero-order valence-electron chi connectivity index (χ0n) is 11.6. The third kappa shape index (κ3) is 3.78. The molecule has 1 aliphatic rings. The van der Waals surface area contributed by atoms with E-state index in [9.17, 15) is 4.79 Å². The highest BCUT2D eigenvalue weighted by atomic mass is 32.1. The van der Waals surface area contributed by atoms with Gasteiger partial charge in [-0.2, -0.15) is 0 Å². The number of amides is 1. The van der Waals surface area contributed by atoms with E-state index in [1.54, 1.807) is 0 Å². The second-order valence-corrected chi connectivity index (χ2v) is 6.63. The van der Waals surface area contributed by atoms with Crippen LogP contribution in [0.2, 0.25) is 0 Å². The van der Waals surface area contributed by atoms with Crippen LogP contribution in [0.5, 0.6) is 0 Å². The average molecular weight is 282 g/mol. The van der Waals surface area contributed by atoms with E-state index in [4.69, 9.17) is 10.6 Å². The maximum Gasteiger partial charge on any atom is 0.275 e. The molecule has 2 atom stereocenters. The van der Waals surface area contributed by atoms with Gasteiger partial charge in [0.05, 0.1) is 17.6 Å². The molecule has 1 fully saturated rings. The molecule has 1 amide bonds. The summed E-state index contributed by atoms with van der Waals surface area (Å²) in [5.74, 6) is 5.68. The molecule has 1 aromatic rings. The zero-order chi connectivity index (χ0) is 13.8. The minimum atomic E-state index is -0.231. The Morgan fingerprint density at radius 3 is 3.05 bits per heavy atom. The van der Waals surface area contributed by atoms with Gasteiger partial charge < -0.3 is 4.74 Å². The molecule has 1 heterocycles. The first-order chi connectivity index (χ1) is 9.10. The summed E-state index contributed by atoms with van der Waals surface area (Å²) in [6.07, 6.45) is 5.26. The van der Waals surface area contributed by atoms with Gasteiger partial charge in [-0.1, -0.05) is 19.8 Å². The van der Waals surface area contributed by atoms with Gasteiger partial charge in [-0.05, 0) is 37.3 Å². The van der Waals surface area contributed by atoms with Crippen LogP contribution in [0.1, 0.15) is 52.7 Å². The highest BCUT2D eigenvalue weighted by molar-refractivity contribution is 7.14. The van der Waals surface area contributed by atoms with E-state index in [-0.39, 0.29) is 5.91 Å². The van der Waals surface area contributed by atoms with Gasteiger partial charge in [0.15, 0.2) is 0 Å². The van der Waals surface area contributed by atoms with Gasteiger partial charge in [0.1, 0.15) is 0 Å². The Kier molecular flexibility index (Phi) is 4.96. The second-order valence-electron chi connectivity index (χ2n) is 5.37. The zero-order valence-corrected chi connectivity index (χ0v) is 12.4. The number of ether oxygens (including phenoxy) is 1. The van der Waals surface area contributed by atoms with Crippen molar-refractivity contribution in [3.05, 3.63) is 21.4 Å². The van der Waals surface area contributed by atoms with Crippen molar-refractivity contribution in [2.24, 2.45) is 11.8 Å². The van der Waals surface area contributed by atoms with Crippen molar-refractivity contribution >= 4 is 17.2 Å². The Morgan fingerprint density at radius 2 is 2.37 bits per heavy atom. The van der Waals surface area contributed by atoms with Crippen molar-refractivity contribution in [1.29, 1.82) is 0 Å². The number of nitrogen functional groups attached to an aromatic ring is 1. The molecule has 19 heavy (non-hydrogen) atoms. The number of hydrogen-bond donors (Lipinski definition) is 2. The van der Waals surface area contributed by atoms with Crippen molar-refractivity contribution in [2.45, 2.75) is 52.2 Å². The van der Waals surface area contributed by atoms with E-state index in [2.05, 4.69) is 12.3 Å². The lowest BCUT2D eigenvalue weighted by Gasteiger charge is -2.26. The quantitative estimate of drug-likeness (QED) is 0.507. The van der Waals surface area contributed by atoms with Crippen molar-refractivity contribution in [1.82, 2.24) is 5.43 Å². The Balaban J connectivity index is 1.92. The lowest BCUT2D eigenvalue weighted by molar-refractivity contribution is 0.00462. The fraction of sp³-hybridized carbons (Fsp3) is 0.643. The van der Waals surface area contributed by atoms with Crippen LogP contribution in [0, 0.1) is 12.8 Å². The van der Waals surface area contributed by atoms with Crippen molar-refractivity contribution in [3.8, 4) is 0 Å². The van der Waals surface area contributed by atoms with Crippen molar-refractivity contribution < 1.29 is 9.53 Å². The topological polar surface area (TPSA) is 64.4 Å². The number of aryl methyl sites for hydroxylation is 1. The lowest BCUT2D eigenvalue weighted by Crippen LogP contribution is -2.29. The molecule has 4 nitrogen and oxygen atoms in total. The Morgan fingerprint density at radius 1 is 1.58 bits per heavy atom. The molecule has 106 valence electrons. The van der Waals surface area contributed by atoms with Crippen LogP contribution in [0.15, 0.2) is 6.07 Å². The molecular formula is C14H22N2O2S. The number of thiophene rings is 1. The molecule has 1 aliphatic carbocycles. The fourth-order valence-electron chi connectivity index (χ4n) is 2.58. The van der Waals surface area contributed by atoms with Crippen LogP contribution in [-0.4, -0.2) is 12.0 Å². The van der Waals surface area contributed by atoms with Gasteiger partial charge in [0.2, 0.25) is 0 Å². The summed E-state index contributed by atoms with van der Waals surface area (Å²) in [7, 11) is 0. The number of carbonyl (C=O) groups excluding carboxylic acids is 1. The SMILES string of the molecule is Cc1sc(C(=O)NN)cc1COC1CCCC(C)C1. The molecule has 2 rings (SSSR count). The van der Waals surface area contributed by atoms with Crippen LogP contribution >= 0.6 is 11.3 Å². The molecule has 1 aromatic heterocycles. The number of rotatable bonds is 4. The molecule has 2 unspecified atom stereocenters. The molecule has 0 aliphatic heterocycles. The molecule has 0 saturated heterocycles. The molecule has 0 aromatic carbocycles. The van der Waals surface area contributed by atoms with E-state index < -0.39 is 0 Å². The monoisotopic (exact) mass is 282 g/mol. The van der Waals surface area contributed by atoms with Crippen molar-refractivity contribution in [3.63, 3.8) is 0 Å². The summed E-state index contributed by atoms with van der Waals surface area (Å²) >= 11 is 1.46. The average Bonchev–Trinajstić information content (AvgIpc) is 2.77. The van der Waals surface area contributed by atoms with Crippen LogP contribution in [0.3, 0.4) is 0 Å². The van der Waals surface area contributed by atoms with Gasteiger partial charge in [0, 0.05) is 4.88 Å². The number of nitrogens with two attached hydrogens (primary N) is 1. The van der Waals surface area contributed by atoms with Crippen LogP contribution in [0.4, 0.5) is 0 Å². The summed E-state index contributed by atoms with van der Waals surface area (Å²) in [5.41, 5.74) is 3.26. The van der Waals surface area contributed by atoms with Gasteiger partial charge >= 0.3 is 0 Å². The predicted molar refractivity (Wildman–Crippen MR) is 76.9 cm³/mol. The fourth-order valence-corrected chi connectivity index (χ4v) is 3.52. The first kappa shape index (κ1) is 14.5. The number of hydrazine groups is 1. The Bertz CT molecular complexity index is 445. The summed E-state index contributed by atoms with van der Waals surface area (Å²) in [4.78, 5) is 13.2. The van der Waals surface area contributed by atoms with Gasteiger partial charge in [-0.3, -0.25) is 10.2 Å². The van der Waals surface area contributed by atoms with Gasteiger partial charge in [-0.15, -0.1) is 11.3 Å². The number of carbonyl (C=O) groups is 1. The molecule has 0 bridgehead atoms. The normalized spacial score (nSPS) is 23.3. The summed E-state index contributed by atoms with van der Waals surface area (Å²) in [5, 5.41) is 0. The second kappa shape index (κ2) is 6.50. The lowest BCUT2D eigenvalue weighted by atomic mass is 9.89. The minimum absolute atomic E-state index is 0.231. The van der Waals surface area contributed by atoms with Crippen LogP contribution in [0.25, 0.3) is 0 Å². The highest BCUT2D eigenvalue weighted by Crippen LogP contribution is 2.28. The molecule has 0 spiro atoms. The maximum atomic E-state index is 11.5. The third-order valence-corrected chi connectivity index (χ3v) is 4.83. The maximum absolute atomic E-state index is 11.5. The van der Waals surface area contributed by atoms with Crippen LogP contribution in [-0.2, 0) is 11.3 Å². The minimum Gasteiger partial charge on any atom is -0.373 e. The van der Waals surface area contributed by atoms with Gasteiger partial charge in [0.25, 0.3) is 5.91 Å².